The summed E-state index contributed by atoms with van der Waals surface area (Å²) in [5.41, 5.74) is -4.78. The van der Waals surface area contributed by atoms with Crippen molar-refractivity contribution in [1.29, 1.82) is 0 Å². The van der Waals surface area contributed by atoms with Crippen LogP contribution in [0.4, 0.5) is 13.2 Å². The maximum atomic E-state index is 11.7. The Morgan fingerprint density at radius 3 is 2.43 bits per heavy atom. The van der Waals surface area contributed by atoms with Crippen LogP contribution < -0.4 is 0 Å². The molecule has 0 atom stereocenters. The number of aliphatic hydroxyl groups is 1. The van der Waals surface area contributed by atoms with Crippen LogP contribution in [0.25, 0.3) is 0 Å². The monoisotopic (exact) mass is 229 g/mol. The first-order valence-electron chi connectivity index (χ1n) is 4.50. The van der Waals surface area contributed by atoms with E-state index in [0.29, 0.717) is 26.1 Å². The van der Waals surface area contributed by atoms with Crippen molar-refractivity contribution in [2.75, 3.05) is 25.4 Å². The van der Waals surface area contributed by atoms with Crippen molar-refractivity contribution >= 4 is 11.8 Å². The second kappa shape index (κ2) is 4.28. The maximum absolute atomic E-state index is 11.7. The molecule has 14 heavy (non-hydrogen) atoms. The van der Waals surface area contributed by atoms with Gasteiger partial charge in [0, 0.05) is 25.4 Å². The minimum Gasteiger partial charge on any atom is -0.387 e. The summed E-state index contributed by atoms with van der Waals surface area (Å²) < 4.78 is 35.2. The van der Waals surface area contributed by atoms with Gasteiger partial charge >= 0.3 is 5.51 Å². The highest BCUT2D eigenvalue weighted by Gasteiger charge is 2.39. The second-order valence-electron chi connectivity index (χ2n) is 3.58. The van der Waals surface area contributed by atoms with Crippen molar-refractivity contribution in [3.05, 3.63) is 0 Å². The first-order chi connectivity index (χ1) is 6.35. The molecular weight excluding hydrogens is 215 g/mol. The van der Waals surface area contributed by atoms with Crippen LogP contribution in [0.15, 0.2) is 0 Å². The number of likely N-dealkylation sites (tertiary alicyclic amines) is 1. The smallest absolute Gasteiger partial charge is 0.387 e. The Labute approximate surface area is 85.5 Å². The largest absolute Gasteiger partial charge is 0.441 e. The van der Waals surface area contributed by atoms with Crippen molar-refractivity contribution < 1.29 is 18.3 Å². The first kappa shape index (κ1) is 12.1. The van der Waals surface area contributed by atoms with Crippen molar-refractivity contribution in [2.45, 2.75) is 24.5 Å². The molecule has 0 radical (unpaired) electrons. The number of alkyl halides is 3. The van der Waals surface area contributed by atoms with Crippen LogP contribution in [0, 0.1) is 0 Å². The summed E-state index contributed by atoms with van der Waals surface area (Å²) in [7, 11) is 0. The number of hydrogen-bond acceptors (Lipinski definition) is 3. The molecule has 1 aliphatic rings. The third-order valence-electron chi connectivity index (χ3n) is 2.37. The number of β-amino-alcohol motifs (C(OH)–C–C–N with tert-alkyl or cyclic N) is 1. The van der Waals surface area contributed by atoms with Gasteiger partial charge in [0.1, 0.15) is 0 Å². The molecule has 0 unspecified atom stereocenters. The first-order valence-corrected chi connectivity index (χ1v) is 5.49. The van der Waals surface area contributed by atoms with E-state index in [1.54, 1.807) is 0 Å². The fourth-order valence-electron chi connectivity index (χ4n) is 1.46. The van der Waals surface area contributed by atoms with Gasteiger partial charge in [-0.2, -0.15) is 13.2 Å². The van der Waals surface area contributed by atoms with Gasteiger partial charge in [-0.3, -0.25) is 4.90 Å². The molecular formula is C8H14F3NOS. The zero-order chi connectivity index (χ0) is 10.8. The summed E-state index contributed by atoms with van der Waals surface area (Å²) in [5, 5.41) is 9.58. The lowest BCUT2D eigenvalue weighted by atomic mass is 9.92. The molecule has 84 valence electrons. The van der Waals surface area contributed by atoms with Gasteiger partial charge < -0.3 is 5.11 Å². The fourth-order valence-corrected chi connectivity index (χ4v) is 2.04. The van der Waals surface area contributed by atoms with E-state index in [-0.39, 0.29) is 17.5 Å². The number of hydrogen-bond donors (Lipinski definition) is 1. The van der Waals surface area contributed by atoms with E-state index in [1.165, 1.54) is 0 Å². The highest BCUT2D eigenvalue weighted by Crippen LogP contribution is 2.31. The van der Waals surface area contributed by atoms with Crippen molar-refractivity contribution in [3.63, 3.8) is 0 Å². The molecule has 2 nitrogen and oxygen atoms in total. The Morgan fingerprint density at radius 1 is 1.43 bits per heavy atom. The van der Waals surface area contributed by atoms with Crippen LogP contribution in [0.5, 0.6) is 0 Å². The van der Waals surface area contributed by atoms with Crippen molar-refractivity contribution in [3.8, 4) is 0 Å². The lowest BCUT2D eigenvalue weighted by molar-refractivity contribution is -0.0967. The zero-order valence-corrected chi connectivity index (χ0v) is 8.79. The Morgan fingerprint density at radius 2 is 2.00 bits per heavy atom. The molecule has 0 aromatic carbocycles. The van der Waals surface area contributed by atoms with Crippen LogP contribution in [0.1, 0.15) is 13.3 Å². The van der Waals surface area contributed by atoms with Crippen LogP contribution in [-0.2, 0) is 0 Å². The molecule has 0 spiro atoms. The molecule has 1 fully saturated rings. The van der Waals surface area contributed by atoms with E-state index in [1.807, 2.05) is 11.8 Å². The van der Waals surface area contributed by atoms with Crippen LogP contribution in [0.3, 0.4) is 0 Å². The third kappa shape index (κ3) is 3.67. The van der Waals surface area contributed by atoms with Crippen LogP contribution in [0.2, 0.25) is 0 Å². The van der Waals surface area contributed by atoms with Crippen LogP contribution in [-0.4, -0.2) is 46.5 Å². The maximum Gasteiger partial charge on any atom is 0.441 e. The van der Waals surface area contributed by atoms with Gasteiger partial charge in [-0.05, 0) is 18.2 Å². The summed E-state index contributed by atoms with van der Waals surface area (Å²) in [4.78, 5) is 1.84. The summed E-state index contributed by atoms with van der Waals surface area (Å²) in [6, 6.07) is 0. The Balaban J connectivity index is 2.07. The molecule has 0 aromatic rings. The van der Waals surface area contributed by atoms with Gasteiger partial charge in [0.25, 0.3) is 0 Å². The third-order valence-corrected chi connectivity index (χ3v) is 3.08. The number of rotatable bonds is 4. The molecule has 0 aromatic heterocycles. The van der Waals surface area contributed by atoms with Gasteiger partial charge in [-0.1, -0.05) is 6.92 Å². The predicted molar refractivity (Wildman–Crippen MR) is 50.2 cm³/mol. The second-order valence-corrected chi connectivity index (χ2v) is 4.74. The molecule has 1 heterocycles. The SMILES string of the molecule is CCC1(O)CN(CCSC(F)(F)F)C1. The van der Waals surface area contributed by atoms with Gasteiger partial charge in [0.05, 0.1) is 5.60 Å². The average Bonchev–Trinajstić information content (AvgIpc) is 1.98. The Hall–Kier alpha value is 0.0600. The Kier molecular flexibility index (Phi) is 3.71. The lowest BCUT2D eigenvalue weighted by Crippen LogP contribution is -2.61. The van der Waals surface area contributed by atoms with Gasteiger partial charge in [-0.15, -0.1) is 0 Å². The standard InChI is InChI=1S/C8H14F3NOS/c1-2-7(13)5-12(6-7)3-4-14-8(9,10)11/h13H,2-6H2,1H3. The average molecular weight is 229 g/mol. The van der Waals surface area contributed by atoms with Gasteiger partial charge in [0.15, 0.2) is 0 Å². The van der Waals surface area contributed by atoms with Gasteiger partial charge in [-0.25, -0.2) is 0 Å². The predicted octanol–water partition coefficient (Wildman–Crippen LogP) is 1.70. The molecule has 6 heteroatoms. The summed E-state index contributed by atoms with van der Waals surface area (Å²) in [6.07, 6.45) is 0.663. The summed E-state index contributed by atoms with van der Waals surface area (Å²) >= 11 is -0.00440. The molecule has 0 amide bonds. The summed E-state index contributed by atoms with van der Waals surface area (Å²) in [6.45, 7) is 3.28. The molecule has 1 saturated heterocycles. The molecule has 0 bridgehead atoms. The topological polar surface area (TPSA) is 23.5 Å². The normalized spacial score (nSPS) is 22.1. The molecule has 0 saturated carbocycles. The molecule has 1 aliphatic heterocycles. The van der Waals surface area contributed by atoms with E-state index >= 15 is 0 Å². The van der Waals surface area contributed by atoms with E-state index in [4.69, 9.17) is 0 Å². The van der Waals surface area contributed by atoms with E-state index in [0.717, 1.165) is 0 Å². The Bertz CT molecular complexity index is 192. The fraction of sp³-hybridized carbons (Fsp3) is 1.00. The number of halogens is 3. The van der Waals surface area contributed by atoms with Crippen LogP contribution >= 0.6 is 11.8 Å². The summed E-state index contributed by atoms with van der Waals surface area (Å²) in [5.74, 6) is 0.0449. The lowest BCUT2D eigenvalue weighted by Gasteiger charge is -2.46. The quantitative estimate of drug-likeness (QED) is 0.793. The van der Waals surface area contributed by atoms with E-state index in [2.05, 4.69) is 0 Å². The number of thioether (sulfide) groups is 1. The zero-order valence-electron chi connectivity index (χ0n) is 7.97. The van der Waals surface area contributed by atoms with E-state index < -0.39 is 11.1 Å². The van der Waals surface area contributed by atoms with E-state index in [9.17, 15) is 18.3 Å². The van der Waals surface area contributed by atoms with Crippen molar-refractivity contribution in [2.24, 2.45) is 0 Å². The molecule has 1 rings (SSSR count). The molecule has 1 N–H and O–H groups in total. The van der Waals surface area contributed by atoms with Crippen molar-refractivity contribution in [1.82, 2.24) is 4.90 Å². The van der Waals surface area contributed by atoms with Gasteiger partial charge in [0.2, 0.25) is 0 Å². The molecule has 0 aliphatic carbocycles. The number of nitrogens with zero attached hydrogens (tertiary/aromatic N) is 1. The minimum absolute atomic E-state index is 0.00440. The highest BCUT2D eigenvalue weighted by molar-refractivity contribution is 8.00. The highest BCUT2D eigenvalue weighted by atomic mass is 32.2. The minimum atomic E-state index is -4.13.